The van der Waals surface area contributed by atoms with Gasteiger partial charge >= 0.3 is 0 Å². The molecule has 0 aliphatic carbocycles. The monoisotopic (exact) mass is 405 g/mol. The molecule has 0 amide bonds. The molecule has 6 nitrogen and oxygen atoms in total. The van der Waals surface area contributed by atoms with Gasteiger partial charge in [0.2, 0.25) is 0 Å². The van der Waals surface area contributed by atoms with Gasteiger partial charge in [-0.15, -0.1) is 0 Å². The Kier molecular flexibility index (Phi) is 4.90. The molecule has 1 N–H and O–H groups in total. The summed E-state index contributed by atoms with van der Waals surface area (Å²) in [6.07, 6.45) is 3.37. The SMILES string of the molecule is Cc1cnc2c(S(=O)(=O)Nc3ccc(Cn4ccccc4=O)cc3)cccc2c1. The number of benzene rings is 2. The Hall–Kier alpha value is -3.45. The van der Waals surface area contributed by atoms with Crippen molar-refractivity contribution in [3.05, 3.63) is 101 Å². The Balaban J connectivity index is 1.59. The Labute approximate surface area is 168 Å². The first-order valence-corrected chi connectivity index (χ1v) is 10.5. The number of sulfonamides is 1. The molecule has 0 fully saturated rings. The van der Waals surface area contributed by atoms with Gasteiger partial charge in [0.15, 0.2) is 0 Å². The van der Waals surface area contributed by atoms with Crippen LogP contribution in [0.4, 0.5) is 5.69 Å². The fourth-order valence-electron chi connectivity index (χ4n) is 3.14. The molecule has 0 saturated heterocycles. The van der Waals surface area contributed by atoms with E-state index in [-0.39, 0.29) is 10.5 Å². The third-order valence-electron chi connectivity index (χ3n) is 4.56. The molecule has 0 saturated carbocycles. The minimum absolute atomic E-state index is 0.0871. The first-order valence-electron chi connectivity index (χ1n) is 9.05. The fraction of sp³-hybridized carbons (Fsp3) is 0.0909. The summed E-state index contributed by atoms with van der Waals surface area (Å²) in [7, 11) is -3.80. The van der Waals surface area contributed by atoms with Crippen molar-refractivity contribution < 1.29 is 8.42 Å². The summed E-state index contributed by atoms with van der Waals surface area (Å²) in [5.41, 5.74) is 2.65. The maximum absolute atomic E-state index is 12.9. The molecular formula is C22H19N3O3S. The van der Waals surface area contributed by atoms with Gasteiger partial charge in [0.25, 0.3) is 15.6 Å². The van der Waals surface area contributed by atoms with E-state index in [1.165, 1.54) is 6.07 Å². The van der Waals surface area contributed by atoms with Crippen LogP contribution in [0.3, 0.4) is 0 Å². The van der Waals surface area contributed by atoms with Crippen molar-refractivity contribution in [3.63, 3.8) is 0 Å². The smallest absolute Gasteiger partial charge is 0.264 e. The molecular weight excluding hydrogens is 386 g/mol. The van der Waals surface area contributed by atoms with E-state index in [4.69, 9.17) is 0 Å². The maximum Gasteiger partial charge on any atom is 0.264 e. The van der Waals surface area contributed by atoms with E-state index in [2.05, 4.69) is 9.71 Å². The average Bonchev–Trinajstić information content (AvgIpc) is 2.70. The predicted octanol–water partition coefficient (Wildman–Crippen LogP) is 3.55. The van der Waals surface area contributed by atoms with Crippen LogP contribution in [0.25, 0.3) is 10.9 Å². The highest BCUT2D eigenvalue weighted by Gasteiger charge is 2.18. The summed E-state index contributed by atoms with van der Waals surface area (Å²) >= 11 is 0. The first-order chi connectivity index (χ1) is 13.9. The molecule has 0 aliphatic heterocycles. The van der Waals surface area contributed by atoms with Gasteiger partial charge in [-0.2, -0.15) is 0 Å². The fourth-order valence-corrected chi connectivity index (χ4v) is 4.38. The van der Waals surface area contributed by atoms with Gasteiger partial charge in [-0.1, -0.05) is 30.3 Å². The average molecular weight is 405 g/mol. The topological polar surface area (TPSA) is 81.1 Å². The Bertz CT molecular complexity index is 1340. The molecule has 0 unspecified atom stereocenters. The van der Waals surface area contributed by atoms with E-state index in [9.17, 15) is 13.2 Å². The normalized spacial score (nSPS) is 11.5. The van der Waals surface area contributed by atoms with E-state index in [0.717, 1.165) is 16.5 Å². The Morgan fingerprint density at radius 1 is 1.00 bits per heavy atom. The van der Waals surface area contributed by atoms with Gasteiger partial charge < -0.3 is 4.57 Å². The lowest BCUT2D eigenvalue weighted by atomic mass is 10.2. The number of nitrogens with one attached hydrogen (secondary N) is 1. The lowest BCUT2D eigenvalue weighted by molar-refractivity contribution is 0.602. The van der Waals surface area contributed by atoms with Crippen molar-refractivity contribution in [3.8, 4) is 0 Å². The summed E-state index contributed by atoms with van der Waals surface area (Å²) in [5.74, 6) is 0. The molecule has 2 aromatic heterocycles. The van der Waals surface area contributed by atoms with Crippen molar-refractivity contribution in [2.24, 2.45) is 0 Å². The summed E-state index contributed by atoms with van der Waals surface area (Å²) in [6, 6.07) is 18.9. The number of aromatic nitrogens is 2. The second kappa shape index (κ2) is 7.52. The van der Waals surface area contributed by atoms with Crippen LogP contribution in [0.15, 0.2) is 88.8 Å². The zero-order chi connectivity index (χ0) is 20.4. The molecule has 0 aliphatic rings. The van der Waals surface area contributed by atoms with E-state index in [1.54, 1.807) is 65.5 Å². The van der Waals surface area contributed by atoms with Crippen molar-refractivity contribution >= 4 is 26.6 Å². The van der Waals surface area contributed by atoms with Crippen molar-refractivity contribution in [2.45, 2.75) is 18.4 Å². The number of para-hydroxylation sites is 1. The number of rotatable bonds is 5. The lowest BCUT2D eigenvalue weighted by Crippen LogP contribution is -2.18. The second-order valence-corrected chi connectivity index (χ2v) is 8.46. The highest BCUT2D eigenvalue weighted by Crippen LogP contribution is 2.24. The number of fused-ring (bicyclic) bond motifs is 1. The van der Waals surface area contributed by atoms with Crippen molar-refractivity contribution in [1.82, 2.24) is 9.55 Å². The quantitative estimate of drug-likeness (QED) is 0.551. The minimum Gasteiger partial charge on any atom is -0.311 e. The maximum atomic E-state index is 12.9. The van der Waals surface area contributed by atoms with Gasteiger partial charge in [0, 0.05) is 29.5 Å². The van der Waals surface area contributed by atoms with Gasteiger partial charge in [-0.25, -0.2) is 8.42 Å². The summed E-state index contributed by atoms with van der Waals surface area (Å²) in [5, 5.41) is 0.775. The van der Waals surface area contributed by atoms with E-state index >= 15 is 0 Å². The molecule has 146 valence electrons. The van der Waals surface area contributed by atoms with Gasteiger partial charge in [0.1, 0.15) is 4.90 Å². The number of hydrogen-bond acceptors (Lipinski definition) is 4. The summed E-state index contributed by atoms with van der Waals surface area (Å²) < 4.78 is 30.0. The third kappa shape index (κ3) is 4.05. The largest absolute Gasteiger partial charge is 0.311 e. The number of hydrogen-bond donors (Lipinski definition) is 1. The molecule has 0 radical (unpaired) electrons. The van der Waals surface area contributed by atoms with E-state index in [0.29, 0.717) is 17.7 Å². The van der Waals surface area contributed by atoms with Crippen LogP contribution in [-0.4, -0.2) is 18.0 Å². The molecule has 4 aromatic rings. The van der Waals surface area contributed by atoms with Crippen LogP contribution >= 0.6 is 0 Å². The molecule has 4 rings (SSSR count). The van der Waals surface area contributed by atoms with Crippen LogP contribution < -0.4 is 10.3 Å². The molecule has 0 spiro atoms. The van der Waals surface area contributed by atoms with Crippen LogP contribution in [0, 0.1) is 6.92 Å². The minimum atomic E-state index is -3.80. The van der Waals surface area contributed by atoms with Crippen LogP contribution in [-0.2, 0) is 16.6 Å². The lowest BCUT2D eigenvalue weighted by Gasteiger charge is -2.11. The standard InChI is InChI=1S/C22H19N3O3S/c1-16-13-18-5-4-6-20(22(18)23-14-16)29(27,28)24-19-10-8-17(9-11-19)15-25-12-3-2-7-21(25)26/h2-14,24H,15H2,1H3. The second-order valence-electron chi connectivity index (χ2n) is 6.81. The zero-order valence-electron chi connectivity index (χ0n) is 15.7. The molecule has 0 bridgehead atoms. The Morgan fingerprint density at radius 2 is 1.79 bits per heavy atom. The third-order valence-corrected chi connectivity index (χ3v) is 5.97. The van der Waals surface area contributed by atoms with Gasteiger partial charge in [-0.05, 0) is 48.4 Å². The van der Waals surface area contributed by atoms with Crippen molar-refractivity contribution in [1.29, 1.82) is 0 Å². The van der Waals surface area contributed by atoms with Crippen LogP contribution in [0.5, 0.6) is 0 Å². The zero-order valence-corrected chi connectivity index (χ0v) is 16.6. The number of aryl methyl sites for hydroxylation is 1. The van der Waals surface area contributed by atoms with Gasteiger partial charge in [-0.3, -0.25) is 14.5 Å². The van der Waals surface area contributed by atoms with Crippen molar-refractivity contribution in [2.75, 3.05) is 4.72 Å². The number of nitrogens with zero attached hydrogens (tertiary/aromatic N) is 2. The molecule has 7 heteroatoms. The molecule has 2 heterocycles. The highest BCUT2D eigenvalue weighted by molar-refractivity contribution is 7.93. The van der Waals surface area contributed by atoms with Crippen LogP contribution in [0.1, 0.15) is 11.1 Å². The first kappa shape index (κ1) is 18.9. The highest BCUT2D eigenvalue weighted by atomic mass is 32.2. The number of pyridine rings is 2. The molecule has 2 aromatic carbocycles. The summed E-state index contributed by atoms with van der Waals surface area (Å²) in [4.78, 5) is 16.3. The summed E-state index contributed by atoms with van der Waals surface area (Å²) in [6.45, 7) is 2.33. The van der Waals surface area contributed by atoms with E-state index in [1.807, 2.05) is 19.1 Å². The van der Waals surface area contributed by atoms with Crippen LogP contribution in [0.2, 0.25) is 0 Å². The van der Waals surface area contributed by atoms with E-state index < -0.39 is 10.0 Å². The van der Waals surface area contributed by atoms with Gasteiger partial charge in [0.05, 0.1) is 12.1 Å². The molecule has 29 heavy (non-hydrogen) atoms. The molecule has 0 atom stereocenters. The Morgan fingerprint density at radius 3 is 2.55 bits per heavy atom. The predicted molar refractivity (Wildman–Crippen MR) is 114 cm³/mol. The number of anilines is 1.